The molecule has 0 bridgehead atoms. The highest BCUT2D eigenvalue weighted by Gasteiger charge is 2.47. The summed E-state index contributed by atoms with van der Waals surface area (Å²) < 4.78 is 34.1. The Labute approximate surface area is 190 Å². The molecule has 2 atom stereocenters. The van der Waals surface area contributed by atoms with E-state index in [1.165, 1.54) is 4.31 Å². The van der Waals surface area contributed by atoms with E-state index in [4.69, 9.17) is 4.74 Å². The fraction of sp³-hybridized carbons (Fsp3) is 0.458. The van der Waals surface area contributed by atoms with Crippen molar-refractivity contribution >= 4 is 15.9 Å². The zero-order chi connectivity index (χ0) is 22.9. The number of benzene rings is 2. The lowest BCUT2D eigenvalue weighted by Crippen LogP contribution is -2.44. The molecule has 0 aliphatic carbocycles. The van der Waals surface area contributed by atoms with E-state index in [9.17, 15) is 13.2 Å². The van der Waals surface area contributed by atoms with Crippen molar-refractivity contribution in [1.29, 1.82) is 0 Å². The molecule has 2 aromatic rings. The molecule has 2 saturated heterocycles. The van der Waals surface area contributed by atoms with Gasteiger partial charge in [0.2, 0.25) is 15.9 Å². The highest BCUT2D eigenvalue weighted by molar-refractivity contribution is 7.89. The van der Waals surface area contributed by atoms with Crippen molar-refractivity contribution in [2.45, 2.75) is 43.8 Å². The quantitative estimate of drug-likeness (QED) is 0.667. The lowest BCUT2D eigenvalue weighted by molar-refractivity contribution is -0.135. The zero-order valence-corrected chi connectivity index (χ0v) is 19.7. The van der Waals surface area contributed by atoms with Gasteiger partial charge in [-0.05, 0) is 69.6 Å². The Morgan fingerprint density at radius 1 is 1.03 bits per heavy atom. The van der Waals surface area contributed by atoms with Crippen molar-refractivity contribution in [3.63, 3.8) is 0 Å². The van der Waals surface area contributed by atoms with Crippen LogP contribution in [0.2, 0.25) is 0 Å². The minimum absolute atomic E-state index is 0.0400. The number of rotatable bonds is 6. The van der Waals surface area contributed by atoms with Gasteiger partial charge in [0.25, 0.3) is 0 Å². The number of hydrogen-bond acceptors (Lipinski definition) is 5. The van der Waals surface area contributed by atoms with Gasteiger partial charge in [0.15, 0.2) is 0 Å². The van der Waals surface area contributed by atoms with E-state index in [1.807, 2.05) is 26.0 Å². The molecule has 4 rings (SSSR count). The van der Waals surface area contributed by atoms with Crippen molar-refractivity contribution in [1.82, 2.24) is 14.1 Å². The van der Waals surface area contributed by atoms with Gasteiger partial charge in [0.05, 0.1) is 18.6 Å². The molecule has 0 saturated carbocycles. The van der Waals surface area contributed by atoms with Crippen molar-refractivity contribution in [2.24, 2.45) is 0 Å². The summed E-state index contributed by atoms with van der Waals surface area (Å²) in [5.74, 6) is 0.643. The van der Waals surface area contributed by atoms with Gasteiger partial charge in [0.1, 0.15) is 11.9 Å². The number of sulfonamides is 1. The summed E-state index contributed by atoms with van der Waals surface area (Å²) in [5.41, 5.74) is 1.74. The van der Waals surface area contributed by atoms with Gasteiger partial charge in [0, 0.05) is 12.6 Å². The highest BCUT2D eigenvalue weighted by Crippen LogP contribution is 2.38. The van der Waals surface area contributed by atoms with E-state index < -0.39 is 16.2 Å². The van der Waals surface area contributed by atoms with Crippen molar-refractivity contribution in [3.8, 4) is 5.75 Å². The largest absolute Gasteiger partial charge is 0.497 e. The van der Waals surface area contributed by atoms with Crippen molar-refractivity contribution in [2.75, 3.05) is 33.3 Å². The number of likely N-dealkylation sites (tertiary alicyclic amines) is 1. The summed E-state index contributed by atoms with van der Waals surface area (Å²) in [6.45, 7) is 6.23. The second-order valence-corrected chi connectivity index (χ2v) is 10.6. The second-order valence-electron chi connectivity index (χ2n) is 8.67. The van der Waals surface area contributed by atoms with Gasteiger partial charge in [-0.2, -0.15) is 4.31 Å². The van der Waals surface area contributed by atoms with E-state index in [1.54, 1.807) is 48.4 Å². The van der Waals surface area contributed by atoms with Crippen LogP contribution in [0.15, 0.2) is 53.4 Å². The number of carbonyl (C=O) groups is 1. The number of hydrogen-bond donors (Lipinski definition) is 0. The molecule has 0 N–H and O–H groups in total. The van der Waals surface area contributed by atoms with Crippen LogP contribution in [-0.2, 0) is 14.8 Å². The lowest BCUT2D eigenvalue weighted by atomic mass is 10.1. The predicted molar refractivity (Wildman–Crippen MR) is 123 cm³/mol. The van der Waals surface area contributed by atoms with Crippen molar-refractivity contribution < 1.29 is 17.9 Å². The topological polar surface area (TPSA) is 70.2 Å². The first kappa shape index (κ1) is 22.8. The first-order valence-corrected chi connectivity index (χ1v) is 12.5. The van der Waals surface area contributed by atoms with Crippen LogP contribution in [0.3, 0.4) is 0 Å². The van der Waals surface area contributed by atoms with Crippen LogP contribution in [-0.4, -0.2) is 67.8 Å². The molecule has 0 spiro atoms. The van der Waals surface area contributed by atoms with Gasteiger partial charge in [-0.3, -0.25) is 9.69 Å². The Balaban J connectivity index is 1.72. The van der Waals surface area contributed by atoms with Crippen LogP contribution in [0, 0.1) is 6.92 Å². The van der Waals surface area contributed by atoms with Crippen LogP contribution in [0.5, 0.6) is 5.75 Å². The van der Waals surface area contributed by atoms with E-state index in [0.29, 0.717) is 12.3 Å². The highest BCUT2D eigenvalue weighted by atomic mass is 32.2. The predicted octanol–water partition coefficient (Wildman–Crippen LogP) is 3.02. The van der Waals surface area contributed by atoms with Crippen LogP contribution >= 0.6 is 0 Å². The first-order chi connectivity index (χ1) is 15.3. The normalized spacial score (nSPS) is 22.4. The Hall–Kier alpha value is -2.42. The average Bonchev–Trinajstić information content (AvgIpc) is 3.41. The fourth-order valence-electron chi connectivity index (χ4n) is 4.60. The van der Waals surface area contributed by atoms with E-state index in [0.717, 1.165) is 37.1 Å². The average molecular weight is 458 g/mol. The molecule has 0 unspecified atom stereocenters. The van der Waals surface area contributed by atoms with Gasteiger partial charge in [-0.15, -0.1) is 0 Å². The van der Waals surface area contributed by atoms with E-state index in [2.05, 4.69) is 4.90 Å². The molecular formula is C24H31N3O4S. The van der Waals surface area contributed by atoms with E-state index in [-0.39, 0.29) is 23.4 Å². The third-order valence-corrected chi connectivity index (χ3v) is 8.18. The molecule has 2 fully saturated rings. The summed E-state index contributed by atoms with van der Waals surface area (Å²) in [6, 6.07) is 13.9. The molecule has 32 heavy (non-hydrogen) atoms. The van der Waals surface area contributed by atoms with E-state index >= 15 is 0 Å². The van der Waals surface area contributed by atoms with Gasteiger partial charge < -0.3 is 9.64 Å². The summed E-state index contributed by atoms with van der Waals surface area (Å²) >= 11 is 0. The molecule has 2 aliphatic rings. The number of aryl methyl sites for hydroxylation is 1. The summed E-state index contributed by atoms with van der Waals surface area (Å²) in [6.07, 6.45) is 1.49. The van der Waals surface area contributed by atoms with Crippen LogP contribution < -0.4 is 4.74 Å². The third kappa shape index (κ3) is 4.40. The maximum absolute atomic E-state index is 13.7. The molecule has 0 aromatic heterocycles. The molecule has 2 aromatic carbocycles. The smallest absolute Gasteiger partial charge is 0.245 e. The zero-order valence-electron chi connectivity index (χ0n) is 18.9. The molecule has 0 radical (unpaired) electrons. The number of amides is 1. The van der Waals surface area contributed by atoms with Crippen LogP contribution in [0.1, 0.15) is 37.1 Å². The lowest BCUT2D eigenvalue weighted by Gasteiger charge is -2.32. The molecule has 8 heteroatoms. The number of carbonyl (C=O) groups excluding carboxylic acids is 1. The monoisotopic (exact) mass is 457 g/mol. The Bertz CT molecular complexity index is 1050. The summed E-state index contributed by atoms with van der Waals surface area (Å²) in [4.78, 5) is 17.5. The molecule has 7 nitrogen and oxygen atoms in total. The van der Waals surface area contributed by atoms with Gasteiger partial charge >= 0.3 is 0 Å². The van der Waals surface area contributed by atoms with Crippen LogP contribution in [0.25, 0.3) is 0 Å². The third-order valence-electron chi connectivity index (χ3n) is 6.34. The molecule has 2 heterocycles. The Morgan fingerprint density at radius 2 is 1.66 bits per heavy atom. The van der Waals surface area contributed by atoms with Gasteiger partial charge in [-0.25, -0.2) is 8.42 Å². The standard InChI is InChI=1S/C24H31N3O4S/c1-18-6-12-22(13-7-18)32(29,30)26-16-19(2)27(23(28)17-25-14-4-5-15-25)24(26)20-8-10-21(31-3)11-9-20/h6-13,19,24H,4-5,14-17H2,1-3H3/t19-,24-/m1/s1. The Morgan fingerprint density at radius 3 is 2.25 bits per heavy atom. The molecule has 2 aliphatic heterocycles. The minimum atomic E-state index is -3.80. The van der Waals surface area contributed by atoms with Crippen molar-refractivity contribution in [3.05, 3.63) is 59.7 Å². The van der Waals surface area contributed by atoms with Gasteiger partial charge in [-0.1, -0.05) is 29.8 Å². The maximum atomic E-state index is 13.7. The minimum Gasteiger partial charge on any atom is -0.497 e. The maximum Gasteiger partial charge on any atom is 0.245 e. The summed E-state index contributed by atoms with van der Waals surface area (Å²) in [7, 11) is -2.21. The van der Waals surface area contributed by atoms with Crippen LogP contribution in [0.4, 0.5) is 0 Å². The summed E-state index contributed by atoms with van der Waals surface area (Å²) in [5, 5.41) is 0. The molecular weight excluding hydrogens is 426 g/mol. The number of methoxy groups -OCH3 is 1. The molecule has 172 valence electrons. The molecule has 1 amide bonds. The number of nitrogens with zero attached hydrogens (tertiary/aromatic N) is 3. The SMILES string of the molecule is COc1ccc([C@H]2N(C(=O)CN3CCCC3)[C@H](C)CN2S(=O)(=O)c2ccc(C)cc2)cc1. The second kappa shape index (κ2) is 9.21. The fourth-order valence-corrected chi connectivity index (χ4v) is 6.25. The Kier molecular flexibility index (Phi) is 6.55. The first-order valence-electron chi connectivity index (χ1n) is 11.1. The number of ether oxygens (including phenoxy) is 1.